The third-order valence-electron chi connectivity index (χ3n) is 3.74. The van der Waals surface area contributed by atoms with Crippen molar-refractivity contribution in [1.82, 2.24) is 10.6 Å². The van der Waals surface area contributed by atoms with Crippen molar-refractivity contribution in [2.75, 3.05) is 26.7 Å². The van der Waals surface area contributed by atoms with E-state index in [0.717, 1.165) is 36.9 Å². The van der Waals surface area contributed by atoms with Crippen LogP contribution in [-0.2, 0) is 12.8 Å². The van der Waals surface area contributed by atoms with E-state index in [-0.39, 0.29) is 0 Å². The molecule has 0 unspecified atom stereocenters. The molecule has 0 saturated carbocycles. The van der Waals surface area contributed by atoms with Crippen LogP contribution in [0.25, 0.3) is 0 Å². The van der Waals surface area contributed by atoms with Crippen molar-refractivity contribution >= 4 is 5.96 Å². The Bertz CT molecular complexity index is 678. The number of hydrogen-bond donors (Lipinski definition) is 2. The van der Waals surface area contributed by atoms with E-state index < -0.39 is 0 Å². The lowest BCUT2D eigenvalue weighted by Gasteiger charge is -2.13. The summed E-state index contributed by atoms with van der Waals surface area (Å²) in [7, 11) is 1.70. The van der Waals surface area contributed by atoms with E-state index >= 15 is 0 Å². The summed E-state index contributed by atoms with van der Waals surface area (Å²) in [6, 6.07) is 10.1. The molecule has 0 aliphatic heterocycles. The fourth-order valence-electron chi connectivity index (χ4n) is 2.49. The molecule has 25 heavy (non-hydrogen) atoms. The first-order valence-corrected chi connectivity index (χ1v) is 8.52. The van der Waals surface area contributed by atoms with Gasteiger partial charge in [0.25, 0.3) is 0 Å². The smallest absolute Gasteiger partial charge is 0.191 e. The largest absolute Gasteiger partial charge is 0.496 e. The van der Waals surface area contributed by atoms with Gasteiger partial charge in [-0.1, -0.05) is 23.8 Å². The molecule has 1 aromatic heterocycles. The average Bonchev–Trinajstić information content (AvgIpc) is 3.13. The Morgan fingerprint density at radius 2 is 2.16 bits per heavy atom. The topological polar surface area (TPSA) is 58.8 Å². The third-order valence-corrected chi connectivity index (χ3v) is 3.74. The molecule has 0 amide bonds. The van der Waals surface area contributed by atoms with Gasteiger partial charge in [-0.2, -0.15) is 0 Å². The van der Waals surface area contributed by atoms with Crippen LogP contribution in [0.15, 0.2) is 58.7 Å². The highest BCUT2D eigenvalue weighted by Gasteiger charge is 2.04. The van der Waals surface area contributed by atoms with Crippen LogP contribution in [0.4, 0.5) is 0 Å². The number of furan rings is 1. The lowest BCUT2D eigenvalue weighted by atomic mass is 10.1. The Labute approximate surface area is 149 Å². The molecular weight excluding hydrogens is 314 g/mol. The second kappa shape index (κ2) is 10.2. The number of nitrogens with one attached hydrogen (secondary N) is 2. The van der Waals surface area contributed by atoms with Gasteiger partial charge < -0.3 is 19.8 Å². The number of rotatable bonds is 9. The van der Waals surface area contributed by atoms with Gasteiger partial charge in [0.2, 0.25) is 0 Å². The Morgan fingerprint density at radius 1 is 1.28 bits per heavy atom. The number of aryl methyl sites for hydroxylation is 1. The summed E-state index contributed by atoms with van der Waals surface area (Å²) in [4.78, 5) is 4.58. The number of benzene rings is 1. The van der Waals surface area contributed by atoms with Gasteiger partial charge in [0.1, 0.15) is 11.5 Å². The molecule has 0 aliphatic rings. The third kappa shape index (κ3) is 6.37. The molecule has 0 atom stereocenters. The Morgan fingerprint density at radius 3 is 2.88 bits per heavy atom. The maximum Gasteiger partial charge on any atom is 0.191 e. The Hall–Kier alpha value is -2.69. The molecule has 2 N–H and O–H groups in total. The molecule has 0 spiro atoms. The van der Waals surface area contributed by atoms with Crippen LogP contribution in [0.5, 0.6) is 5.75 Å². The van der Waals surface area contributed by atoms with Crippen molar-refractivity contribution in [1.29, 1.82) is 0 Å². The highest BCUT2D eigenvalue weighted by atomic mass is 16.5. The standard InChI is InChI=1S/C20H27N3O2/c1-4-11-21-20(23-13-10-18-6-5-14-25-18)22-12-9-17-15-16(2)7-8-19(17)24-3/h4-8,14-15H,1,9-13H2,2-3H3,(H2,21,22,23). The Kier molecular flexibility index (Phi) is 7.63. The molecule has 2 rings (SSSR count). The van der Waals surface area contributed by atoms with Crippen molar-refractivity contribution in [3.63, 3.8) is 0 Å². The van der Waals surface area contributed by atoms with Gasteiger partial charge in [0.05, 0.1) is 13.4 Å². The lowest BCUT2D eigenvalue weighted by molar-refractivity contribution is 0.409. The summed E-state index contributed by atoms with van der Waals surface area (Å²) in [5.74, 6) is 2.64. The van der Waals surface area contributed by atoms with Gasteiger partial charge in [-0.05, 0) is 37.1 Å². The second-order valence-electron chi connectivity index (χ2n) is 5.72. The number of hydrogen-bond acceptors (Lipinski definition) is 3. The molecule has 0 saturated heterocycles. The van der Waals surface area contributed by atoms with E-state index in [9.17, 15) is 0 Å². The first kappa shape index (κ1) is 18.6. The minimum absolute atomic E-state index is 0.660. The second-order valence-corrected chi connectivity index (χ2v) is 5.72. The number of ether oxygens (including phenoxy) is 1. The molecule has 2 aromatic rings. The fraction of sp³-hybridized carbons (Fsp3) is 0.350. The minimum Gasteiger partial charge on any atom is -0.496 e. The molecule has 0 bridgehead atoms. The fourth-order valence-corrected chi connectivity index (χ4v) is 2.49. The van der Waals surface area contributed by atoms with Crippen molar-refractivity contribution in [3.8, 4) is 5.75 Å². The molecule has 0 fully saturated rings. The van der Waals surface area contributed by atoms with Crippen molar-refractivity contribution in [2.24, 2.45) is 4.99 Å². The van der Waals surface area contributed by atoms with Crippen LogP contribution < -0.4 is 15.4 Å². The summed E-state index contributed by atoms with van der Waals surface area (Å²) in [5, 5.41) is 6.59. The quantitative estimate of drug-likeness (QED) is 0.418. The molecule has 1 aromatic carbocycles. The van der Waals surface area contributed by atoms with Gasteiger partial charge >= 0.3 is 0 Å². The van der Waals surface area contributed by atoms with E-state index in [1.807, 2.05) is 24.3 Å². The zero-order valence-electron chi connectivity index (χ0n) is 15.0. The molecule has 0 aliphatic carbocycles. The average molecular weight is 341 g/mol. The first-order chi connectivity index (χ1) is 12.2. The first-order valence-electron chi connectivity index (χ1n) is 8.52. The molecular formula is C20H27N3O2. The van der Waals surface area contributed by atoms with Gasteiger partial charge in [0.15, 0.2) is 5.96 Å². The zero-order chi connectivity index (χ0) is 17.9. The van der Waals surface area contributed by atoms with Crippen LogP contribution in [0.2, 0.25) is 0 Å². The Balaban J connectivity index is 1.88. The van der Waals surface area contributed by atoms with E-state index in [4.69, 9.17) is 9.15 Å². The van der Waals surface area contributed by atoms with Crippen LogP contribution in [-0.4, -0.2) is 32.7 Å². The number of methoxy groups -OCH3 is 1. The van der Waals surface area contributed by atoms with Gasteiger partial charge in [-0.25, -0.2) is 0 Å². The molecule has 5 heteroatoms. The van der Waals surface area contributed by atoms with Crippen molar-refractivity contribution < 1.29 is 9.15 Å². The summed E-state index contributed by atoms with van der Waals surface area (Å²) >= 11 is 0. The van der Waals surface area contributed by atoms with Crippen LogP contribution in [0, 0.1) is 6.92 Å². The summed E-state index contributed by atoms with van der Waals surface area (Å²) in [5.41, 5.74) is 2.42. The maximum absolute atomic E-state index is 5.43. The number of nitrogens with zero attached hydrogens (tertiary/aromatic N) is 1. The maximum atomic E-state index is 5.43. The van der Waals surface area contributed by atoms with E-state index in [2.05, 4.69) is 41.3 Å². The van der Waals surface area contributed by atoms with Crippen LogP contribution in [0.1, 0.15) is 16.9 Å². The van der Waals surface area contributed by atoms with E-state index in [1.54, 1.807) is 13.4 Å². The lowest BCUT2D eigenvalue weighted by Crippen LogP contribution is -2.38. The minimum atomic E-state index is 0.660. The highest BCUT2D eigenvalue weighted by molar-refractivity contribution is 5.79. The van der Waals surface area contributed by atoms with Crippen molar-refractivity contribution in [2.45, 2.75) is 19.8 Å². The highest BCUT2D eigenvalue weighted by Crippen LogP contribution is 2.19. The van der Waals surface area contributed by atoms with Crippen molar-refractivity contribution in [3.05, 3.63) is 66.1 Å². The SMILES string of the molecule is C=CCNC(=NCCc1ccco1)NCCc1cc(C)ccc1OC. The summed E-state index contributed by atoms with van der Waals surface area (Å²) in [6.45, 7) is 7.92. The normalized spacial score (nSPS) is 11.2. The number of guanidine groups is 1. The molecule has 0 radical (unpaired) electrons. The zero-order valence-corrected chi connectivity index (χ0v) is 15.0. The van der Waals surface area contributed by atoms with E-state index in [1.165, 1.54) is 11.1 Å². The summed E-state index contributed by atoms with van der Waals surface area (Å²) < 4.78 is 10.8. The molecule has 5 nitrogen and oxygen atoms in total. The molecule has 1 heterocycles. The molecule has 134 valence electrons. The predicted octanol–water partition coefficient (Wildman–Crippen LogP) is 3.10. The van der Waals surface area contributed by atoms with Gasteiger partial charge in [-0.15, -0.1) is 6.58 Å². The summed E-state index contributed by atoms with van der Waals surface area (Å²) in [6.07, 6.45) is 5.13. The predicted molar refractivity (Wildman–Crippen MR) is 102 cm³/mol. The van der Waals surface area contributed by atoms with Crippen LogP contribution in [0.3, 0.4) is 0 Å². The van der Waals surface area contributed by atoms with Crippen LogP contribution >= 0.6 is 0 Å². The van der Waals surface area contributed by atoms with Gasteiger partial charge in [0, 0.05) is 26.1 Å². The van der Waals surface area contributed by atoms with Gasteiger partial charge in [-0.3, -0.25) is 4.99 Å². The monoisotopic (exact) mass is 341 g/mol. The van der Waals surface area contributed by atoms with E-state index in [0.29, 0.717) is 13.1 Å². The number of aliphatic imine (C=N–C) groups is 1.